The largest absolute Gasteiger partial charge is 0.311 e. The Kier molecular flexibility index (Phi) is 4.82. The van der Waals surface area contributed by atoms with E-state index in [2.05, 4.69) is 48.9 Å². The second kappa shape index (κ2) is 5.91. The first-order valence-electron chi connectivity index (χ1n) is 5.93. The summed E-state index contributed by atoms with van der Waals surface area (Å²) in [6, 6.07) is 2.21. The number of nitrogens with zero attached hydrogens (tertiary/aromatic N) is 2. The van der Waals surface area contributed by atoms with E-state index in [1.807, 2.05) is 0 Å². The van der Waals surface area contributed by atoms with Crippen molar-refractivity contribution in [3.05, 3.63) is 17.5 Å². The minimum Gasteiger partial charge on any atom is -0.311 e. The first kappa shape index (κ1) is 12.2. The summed E-state index contributed by atoms with van der Waals surface area (Å²) in [4.78, 5) is 0. The van der Waals surface area contributed by atoms with E-state index in [1.165, 1.54) is 11.4 Å². The molecular weight excluding hydrogens is 186 g/mol. The molecule has 0 aliphatic carbocycles. The Morgan fingerprint density at radius 3 is 2.67 bits per heavy atom. The molecule has 0 spiro atoms. The molecule has 1 aromatic heterocycles. The lowest BCUT2D eigenvalue weighted by molar-refractivity contribution is 0.524. The van der Waals surface area contributed by atoms with Crippen molar-refractivity contribution in [2.45, 2.75) is 47.2 Å². The number of aromatic nitrogens is 2. The van der Waals surface area contributed by atoms with Crippen molar-refractivity contribution in [2.24, 2.45) is 5.92 Å². The van der Waals surface area contributed by atoms with E-state index >= 15 is 0 Å². The van der Waals surface area contributed by atoms with Crippen molar-refractivity contribution in [2.75, 3.05) is 6.54 Å². The molecule has 0 radical (unpaired) electrons. The first-order valence-corrected chi connectivity index (χ1v) is 5.93. The molecule has 1 aromatic rings. The molecule has 0 saturated heterocycles. The Hall–Kier alpha value is -0.830. The van der Waals surface area contributed by atoms with Crippen LogP contribution in [-0.2, 0) is 19.5 Å². The van der Waals surface area contributed by atoms with Gasteiger partial charge in [0.1, 0.15) is 0 Å². The summed E-state index contributed by atoms with van der Waals surface area (Å²) in [5.41, 5.74) is 2.49. The smallest absolute Gasteiger partial charge is 0.0625 e. The van der Waals surface area contributed by atoms with Gasteiger partial charge in [0.2, 0.25) is 0 Å². The molecule has 0 bridgehead atoms. The van der Waals surface area contributed by atoms with Gasteiger partial charge in [0.25, 0.3) is 0 Å². The van der Waals surface area contributed by atoms with Gasteiger partial charge in [-0.05, 0) is 31.9 Å². The molecular formula is C12H23N3. The summed E-state index contributed by atoms with van der Waals surface area (Å²) in [6.45, 7) is 11.7. The zero-order valence-corrected chi connectivity index (χ0v) is 10.4. The highest BCUT2D eigenvalue weighted by atomic mass is 15.3. The molecule has 3 nitrogen and oxygen atoms in total. The van der Waals surface area contributed by atoms with E-state index in [1.54, 1.807) is 0 Å². The average Bonchev–Trinajstić information content (AvgIpc) is 2.60. The van der Waals surface area contributed by atoms with E-state index < -0.39 is 0 Å². The van der Waals surface area contributed by atoms with Gasteiger partial charge in [-0.3, -0.25) is 4.68 Å². The molecule has 0 saturated carbocycles. The minimum atomic E-state index is 0.702. The summed E-state index contributed by atoms with van der Waals surface area (Å²) in [6.07, 6.45) is 1.02. The molecule has 86 valence electrons. The van der Waals surface area contributed by atoms with Crippen LogP contribution >= 0.6 is 0 Å². The van der Waals surface area contributed by atoms with Crippen LogP contribution in [0.25, 0.3) is 0 Å². The second-order valence-corrected chi connectivity index (χ2v) is 4.32. The van der Waals surface area contributed by atoms with Gasteiger partial charge in [0.15, 0.2) is 0 Å². The van der Waals surface area contributed by atoms with Crippen LogP contribution in [0.15, 0.2) is 6.07 Å². The maximum atomic E-state index is 4.52. The fourth-order valence-corrected chi connectivity index (χ4v) is 1.59. The van der Waals surface area contributed by atoms with Crippen LogP contribution in [0.1, 0.15) is 39.1 Å². The average molecular weight is 209 g/mol. The predicted octanol–water partition coefficient (Wildman–Crippen LogP) is 2.21. The van der Waals surface area contributed by atoms with Crippen LogP contribution in [0.5, 0.6) is 0 Å². The summed E-state index contributed by atoms with van der Waals surface area (Å²) in [5, 5.41) is 7.97. The Morgan fingerprint density at radius 1 is 1.40 bits per heavy atom. The van der Waals surface area contributed by atoms with Crippen LogP contribution in [0.3, 0.4) is 0 Å². The van der Waals surface area contributed by atoms with Gasteiger partial charge in [-0.1, -0.05) is 20.8 Å². The Balaban J connectivity index is 2.54. The number of aryl methyl sites for hydroxylation is 2. The maximum absolute atomic E-state index is 4.52. The normalized spacial score (nSPS) is 11.3. The number of nitrogens with one attached hydrogen (secondary N) is 1. The van der Waals surface area contributed by atoms with Crippen molar-refractivity contribution < 1.29 is 0 Å². The highest BCUT2D eigenvalue weighted by molar-refractivity contribution is 5.10. The third-order valence-electron chi connectivity index (χ3n) is 2.43. The predicted molar refractivity (Wildman–Crippen MR) is 63.8 cm³/mol. The zero-order valence-electron chi connectivity index (χ0n) is 10.4. The van der Waals surface area contributed by atoms with Gasteiger partial charge < -0.3 is 5.32 Å². The van der Waals surface area contributed by atoms with Crippen LogP contribution in [-0.4, -0.2) is 16.3 Å². The van der Waals surface area contributed by atoms with Crippen molar-refractivity contribution in [3.8, 4) is 0 Å². The van der Waals surface area contributed by atoms with Crippen LogP contribution in [0.2, 0.25) is 0 Å². The van der Waals surface area contributed by atoms with E-state index in [0.717, 1.165) is 26.1 Å². The van der Waals surface area contributed by atoms with Gasteiger partial charge in [0.05, 0.1) is 11.4 Å². The molecule has 0 aliphatic rings. The Labute approximate surface area is 92.9 Å². The van der Waals surface area contributed by atoms with E-state index in [-0.39, 0.29) is 0 Å². The number of hydrogen-bond acceptors (Lipinski definition) is 2. The molecule has 15 heavy (non-hydrogen) atoms. The lowest BCUT2D eigenvalue weighted by Crippen LogP contribution is -2.20. The summed E-state index contributed by atoms with van der Waals surface area (Å²) < 4.78 is 2.09. The SMILES string of the molecule is CCc1cc(CNCC(C)C)n(CC)n1. The van der Waals surface area contributed by atoms with Gasteiger partial charge >= 0.3 is 0 Å². The topological polar surface area (TPSA) is 29.9 Å². The number of rotatable bonds is 6. The Morgan fingerprint density at radius 2 is 2.13 bits per heavy atom. The van der Waals surface area contributed by atoms with Gasteiger partial charge in [-0.15, -0.1) is 0 Å². The molecule has 0 amide bonds. The first-order chi connectivity index (χ1) is 7.17. The molecule has 1 rings (SSSR count). The maximum Gasteiger partial charge on any atom is 0.0625 e. The second-order valence-electron chi connectivity index (χ2n) is 4.32. The van der Waals surface area contributed by atoms with Crippen molar-refractivity contribution in [1.29, 1.82) is 0 Å². The van der Waals surface area contributed by atoms with Gasteiger partial charge in [-0.25, -0.2) is 0 Å². The fraction of sp³-hybridized carbons (Fsp3) is 0.750. The van der Waals surface area contributed by atoms with Crippen molar-refractivity contribution >= 4 is 0 Å². The quantitative estimate of drug-likeness (QED) is 0.778. The van der Waals surface area contributed by atoms with Crippen LogP contribution < -0.4 is 5.32 Å². The van der Waals surface area contributed by atoms with Gasteiger partial charge in [-0.2, -0.15) is 5.10 Å². The van der Waals surface area contributed by atoms with Crippen LogP contribution in [0, 0.1) is 5.92 Å². The summed E-state index contributed by atoms with van der Waals surface area (Å²) >= 11 is 0. The molecule has 0 aromatic carbocycles. The number of hydrogen-bond donors (Lipinski definition) is 1. The standard InChI is InChI=1S/C12H23N3/c1-5-11-7-12(15(6-2)14-11)9-13-8-10(3)4/h7,10,13H,5-6,8-9H2,1-4H3. The minimum absolute atomic E-state index is 0.702. The lowest BCUT2D eigenvalue weighted by atomic mass is 10.2. The lowest BCUT2D eigenvalue weighted by Gasteiger charge is -2.08. The molecule has 1 heterocycles. The highest BCUT2D eigenvalue weighted by Gasteiger charge is 2.04. The molecule has 3 heteroatoms. The summed E-state index contributed by atoms with van der Waals surface area (Å²) in [7, 11) is 0. The van der Waals surface area contributed by atoms with Gasteiger partial charge in [0, 0.05) is 13.1 Å². The zero-order chi connectivity index (χ0) is 11.3. The monoisotopic (exact) mass is 209 g/mol. The van der Waals surface area contributed by atoms with Crippen molar-refractivity contribution in [1.82, 2.24) is 15.1 Å². The fourth-order valence-electron chi connectivity index (χ4n) is 1.59. The molecule has 0 unspecified atom stereocenters. The van der Waals surface area contributed by atoms with Crippen molar-refractivity contribution in [3.63, 3.8) is 0 Å². The molecule has 0 aliphatic heterocycles. The van der Waals surface area contributed by atoms with E-state index in [9.17, 15) is 0 Å². The molecule has 1 N–H and O–H groups in total. The highest BCUT2D eigenvalue weighted by Crippen LogP contribution is 2.05. The Bertz CT molecular complexity index is 289. The molecule has 0 atom stereocenters. The third-order valence-corrected chi connectivity index (χ3v) is 2.43. The van der Waals surface area contributed by atoms with Crippen LogP contribution in [0.4, 0.5) is 0 Å². The van der Waals surface area contributed by atoms with E-state index in [4.69, 9.17) is 0 Å². The summed E-state index contributed by atoms with van der Waals surface area (Å²) in [5.74, 6) is 0.702. The third kappa shape index (κ3) is 3.67. The van der Waals surface area contributed by atoms with E-state index in [0.29, 0.717) is 5.92 Å². The molecule has 0 fully saturated rings.